The predicted octanol–water partition coefficient (Wildman–Crippen LogP) is 3.73. The Morgan fingerprint density at radius 2 is 2.13 bits per heavy atom. The molecule has 78 valence electrons. The summed E-state index contributed by atoms with van der Waals surface area (Å²) in [6.07, 6.45) is 3.32. The van der Waals surface area contributed by atoms with E-state index in [9.17, 15) is 4.79 Å². The first-order valence-electron chi connectivity index (χ1n) is 5.10. The topological polar surface area (TPSA) is 17.1 Å². The van der Waals surface area contributed by atoms with Crippen LogP contribution in [-0.4, -0.2) is 5.78 Å². The Labute approximate surface area is 94.8 Å². The van der Waals surface area contributed by atoms with E-state index < -0.39 is 0 Å². The maximum absolute atomic E-state index is 11.4. The highest BCUT2D eigenvalue weighted by molar-refractivity contribution is 6.30. The van der Waals surface area contributed by atoms with Crippen molar-refractivity contribution < 1.29 is 4.79 Å². The third-order valence-electron chi connectivity index (χ3n) is 2.74. The van der Waals surface area contributed by atoms with Gasteiger partial charge >= 0.3 is 0 Å². The minimum atomic E-state index is 0.226. The molecular formula is C13H13ClO. The Kier molecular flexibility index (Phi) is 2.92. The number of hydrogen-bond acceptors (Lipinski definition) is 1. The van der Waals surface area contributed by atoms with Gasteiger partial charge in [-0.1, -0.05) is 29.3 Å². The molecule has 0 unspecified atom stereocenters. The van der Waals surface area contributed by atoms with Gasteiger partial charge in [0.15, 0.2) is 5.78 Å². The quantitative estimate of drug-likeness (QED) is 0.705. The van der Waals surface area contributed by atoms with E-state index in [1.807, 2.05) is 31.2 Å². The second-order valence-electron chi connectivity index (χ2n) is 4.12. The Bertz CT molecular complexity index is 420. The molecule has 0 heterocycles. The molecule has 1 aromatic carbocycles. The number of allylic oxidation sites excluding steroid dienone is 2. The van der Waals surface area contributed by atoms with Gasteiger partial charge in [-0.3, -0.25) is 4.79 Å². The van der Waals surface area contributed by atoms with Gasteiger partial charge in [-0.2, -0.15) is 0 Å². The van der Waals surface area contributed by atoms with Gasteiger partial charge in [-0.15, -0.1) is 0 Å². The normalized spacial score (nSPS) is 21.3. The van der Waals surface area contributed by atoms with Gasteiger partial charge in [-0.25, -0.2) is 0 Å². The highest BCUT2D eigenvalue weighted by atomic mass is 35.5. The van der Waals surface area contributed by atoms with Gasteiger partial charge < -0.3 is 0 Å². The number of halogens is 1. The van der Waals surface area contributed by atoms with Crippen LogP contribution in [-0.2, 0) is 4.79 Å². The smallest absolute Gasteiger partial charge is 0.156 e. The van der Waals surface area contributed by atoms with Crippen LogP contribution < -0.4 is 0 Å². The zero-order valence-electron chi connectivity index (χ0n) is 8.66. The molecule has 0 bridgehead atoms. The number of hydrogen-bond donors (Lipinski definition) is 0. The van der Waals surface area contributed by atoms with Crippen molar-refractivity contribution in [2.24, 2.45) is 0 Å². The molecule has 0 radical (unpaired) electrons. The molecule has 0 saturated heterocycles. The van der Waals surface area contributed by atoms with E-state index in [2.05, 4.69) is 0 Å². The monoisotopic (exact) mass is 220 g/mol. The fourth-order valence-electron chi connectivity index (χ4n) is 2.09. The molecule has 1 nitrogen and oxygen atoms in total. The van der Waals surface area contributed by atoms with Gasteiger partial charge in [0.25, 0.3) is 0 Å². The molecule has 1 atom stereocenters. The van der Waals surface area contributed by atoms with Crippen LogP contribution in [0.2, 0.25) is 5.02 Å². The van der Waals surface area contributed by atoms with Crippen molar-refractivity contribution in [3.05, 3.63) is 46.5 Å². The number of carbonyl (C=O) groups is 1. The summed E-state index contributed by atoms with van der Waals surface area (Å²) < 4.78 is 0. The van der Waals surface area contributed by atoms with Crippen molar-refractivity contribution in [1.29, 1.82) is 0 Å². The largest absolute Gasteiger partial charge is 0.295 e. The van der Waals surface area contributed by atoms with Crippen molar-refractivity contribution in [2.45, 2.75) is 25.7 Å². The van der Waals surface area contributed by atoms with Gasteiger partial charge in [0.2, 0.25) is 0 Å². The van der Waals surface area contributed by atoms with E-state index in [-0.39, 0.29) is 5.78 Å². The van der Waals surface area contributed by atoms with E-state index in [1.54, 1.807) is 6.08 Å². The standard InChI is InChI=1S/C13H13ClO/c1-9-5-11(8-13(15)6-9)10-3-2-4-12(14)7-10/h2-4,6-7,11H,5,8H2,1H3/t11-/m0/s1. The number of carbonyl (C=O) groups excluding carboxylic acids is 1. The first kappa shape index (κ1) is 10.4. The lowest BCUT2D eigenvalue weighted by molar-refractivity contribution is -0.115. The SMILES string of the molecule is CC1=CC(=O)C[C@@H](c2cccc(Cl)c2)C1. The maximum atomic E-state index is 11.4. The van der Waals surface area contributed by atoms with E-state index in [4.69, 9.17) is 11.6 Å². The van der Waals surface area contributed by atoms with Crippen molar-refractivity contribution in [1.82, 2.24) is 0 Å². The molecule has 1 aliphatic carbocycles. The molecule has 2 heteroatoms. The Hall–Kier alpha value is -1.08. The summed E-state index contributed by atoms with van der Waals surface area (Å²) in [6, 6.07) is 7.80. The van der Waals surface area contributed by atoms with Crippen LogP contribution in [0.25, 0.3) is 0 Å². The molecule has 2 rings (SSSR count). The molecule has 0 fully saturated rings. The summed E-state index contributed by atoms with van der Waals surface area (Å²) in [5.74, 6) is 0.532. The Morgan fingerprint density at radius 1 is 1.33 bits per heavy atom. The summed E-state index contributed by atoms with van der Waals surface area (Å²) >= 11 is 5.94. The number of ketones is 1. The van der Waals surface area contributed by atoms with E-state index in [1.165, 1.54) is 5.56 Å². The van der Waals surface area contributed by atoms with E-state index in [0.717, 1.165) is 17.0 Å². The zero-order chi connectivity index (χ0) is 10.8. The minimum absolute atomic E-state index is 0.226. The fourth-order valence-corrected chi connectivity index (χ4v) is 2.29. The lowest BCUT2D eigenvalue weighted by Crippen LogP contribution is -2.11. The van der Waals surface area contributed by atoms with Crippen LogP contribution in [0.3, 0.4) is 0 Å². The second kappa shape index (κ2) is 4.19. The molecule has 0 aliphatic heterocycles. The molecule has 0 saturated carbocycles. The van der Waals surface area contributed by atoms with Crippen LogP contribution in [0.4, 0.5) is 0 Å². The average Bonchev–Trinajstić information content (AvgIpc) is 2.16. The van der Waals surface area contributed by atoms with Gasteiger partial charge in [0, 0.05) is 11.4 Å². The van der Waals surface area contributed by atoms with E-state index >= 15 is 0 Å². The van der Waals surface area contributed by atoms with Crippen LogP contribution in [0.1, 0.15) is 31.2 Å². The minimum Gasteiger partial charge on any atom is -0.295 e. The zero-order valence-corrected chi connectivity index (χ0v) is 9.42. The third-order valence-corrected chi connectivity index (χ3v) is 2.98. The fraction of sp³-hybridized carbons (Fsp3) is 0.308. The summed E-state index contributed by atoms with van der Waals surface area (Å²) in [6.45, 7) is 2.01. The van der Waals surface area contributed by atoms with Crippen molar-refractivity contribution >= 4 is 17.4 Å². The Balaban J connectivity index is 2.26. The third kappa shape index (κ3) is 2.48. The predicted molar refractivity (Wildman–Crippen MR) is 62.2 cm³/mol. The highest BCUT2D eigenvalue weighted by Gasteiger charge is 2.20. The Morgan fingerprint density at radius 3 is 2.80 bits per heavy atom. The first-order valence-corrected chi connectivity index (χ1v) is 5.48. The maximum Gasteiger partial charge on any atom is 0.156 e. The molecule has 1 aromatic rings. The van der Waals surface area contributed by atoms with Crippen LogP contribution in [0.15, 0.2) is 35.9 Å². The number of benzene rings is 1. The molecular weight excluding hydrogens is 208 g/mol. The first-order chi connectivity index (χ1) is 7.15. The van der Waals surface area contributed by atoms with Crippen LogP contribution in [0, 0.1) is 0 Å². The molecule has 0 spiro atoms. The average molecular weight is 221 g/mol. The second-order valence-corrected chi connectivity index (χ2v) is 4.55. The van der Waals surface area contributed by atoms with Gasteiger partial charge in [0.1, 0.15) is 0 Å². The summed E-state index contributed by atoms with van der Waals surface area (Å²) in [7, 11) is 0. The van der Waals surface area contributed by atoms with Gasteiger partial charge in [0.05, 0.1) is 0 Å². The summed E-state index contributed by atoms with van der Waals surface area (Å²) in [5, 5.41) is 0.743. The molecule has 0 aromatic heterocycles. The van der Waals surface area contributed by atoms with E-state index in [0.29, 0.717) is 12.3 Å². The summed E-state index contributed by atoms with van der Waals surface area (Å²) in [4.78, 5) is 11.4. The summed E-state index contributed by atoms with van der Waals surface area (Å²) in [5.41, 5.74) is 2.33. The lowest BCUT2D eigenvalue weighted by Gasteiger charge is -2.20. The van der Waals surface area contributed by atoms with Crippen LogP contribution in [0.5, 0.6) is 0 Å². The molecule has 0 N–H and O–H groups in total. The molecule has 15 heavy (non-hydrogen) atoms. The van der Waals surface area contributed by atoms with Crippen molar-refractivity contribution in [3.8, 4) is 0 Å². The van der Waals surface area contributed by atoms with Crippen molar-refractivity contribution in [2.75, 3.05) is 0 Å². The van der Waals surface area contributed by atoms with Gasteiger partial charge in [-0.05, 0) is 43.0 Å². The molecule has 1 aliphatic rings. The van der Waals surface area contributed by atoms with Crippen molar-refractivity contribution in [3.63, 3.8) is 0 Å². The number of rotatable bonds is 1. The lowest BCUT2D eigenvalue weighted by atomic mass is 9.84. The van der Waals surface area contributed by atoms with Crippen LogP contribution >= 0.6 is 11.6 Å². The highest BCUT2D eigenvalue weighted by Crippen LogP contribution is 2.32. The molecule has 0 amide bonds.